The molecule has 1 aliphatic carbocycles. The number of ether oxygens (including phenoxy) is 1. The number of carbonyl (C=O) groups excluding carboxylic acids is 3. The maximum absolute atomic E-state index is 12.7. The summed E-state index contributed by atoms with van der Waals surface area (Å²) in [5.41, 5.74) is 2.37. The zero-order valence-electron chi connectivity index (χ0n) is 15.7. The summed E-state index contributed by atoms with van der Waals surface area (Å²) in [6, 6.07) is 8.41. The van der Waals surface area contributed by atoms with Crippen molar-refractivity contribution in [3.8, 4) is 12.3 Å². The molecular formula is C21H26N2O5. The molecule has 150 valence electrons. The van der Waals surface area contributed by atoms with Gasteiger partial charge in [0.1, 0.15) is 12.1 Å². The summed E-state index contributed by atoms with van der Waals surface area (Å²) in [4.78, 5) is 36.8. The molecule has 7 heteroatoms. The van der Waals surface area contributed by atoms with Gasteiger partial charge in [0.15, 0.2) is 0 Å². The summed E-state index contributed by atoms with van der Waals surface area (Å²) >= 11 is 0. The van der Waals surface area contributed by atoms with E-state index in [0.717, 1.165) is 31.2 Å². The van der Waals surface area contributed by atoms with Crippen LogP contribution in [-0.2, 0) is 25.5 Å². The fourth-order valence-electron chi connectivity index (χ4n) is 3.25. The largest absolute Gasteiger partial charge is 0.461 e. The van der Waals surface area contributed by atoms with Gasteiger partial charge in [-0.15, -0.1) is 12.3 Å². The van der Waals surface area contributed by atoms with Gasteiger partial charge in [0.25, 0.3) is 0 Å². The molecular weight excluding hydrogens is 360 g/mol. The number of hydrogen-bond acceptors (Lipinski definition) is 5. The first-order valence-corrected chi connectivity index (χ1v) is 9.44. The van der Waals surface area contributed by atoms with Crippen LogP contribution in [0.4, 0.5) is 0 Å². The highest BCUT2D eigenvalue weighted by Gasteiger charge is 2.30. The Balaban J connectivity index is 2.09. The minimum absolute atomic E-state index is 0.00891. The second kappa shape index (κ2) is 11.1. The Labute approximate surface area is 164 Å². The van der Waals surface area contributed by atoms with E-state index in [2.05, 4.69) is 11.2 Å². The molecule has 0 heterocycles. The van der Waals surface area contributed by atoms with Gasteiger partial charge < -0.3 is 10.1 Å². The molecule has 28 heavy (non-hydrogen) atoms. The molecule has 0 aliphatic heterocycles. The van der Waals surface area contributed by atoms with Crippen LogP contribution in [0.3, 0.4) is 0 Å². The number of nitrogens with one attached hydrogen (secondary N) is 2. The lowest BCUT2D eigenvalue weighted by Crippen LogP contribution is -2.47. The standard InChI is InChI=1S/C21H26N2O5/c1-2-8-16(14-19(24)23-27)20(25)22-18(13-15-9-4-3-5-10-15)21(26)28-17-11-6-7-12-17/h1,3-5,9-10,16-18,27H,6-8,11-14H2,(H,22,25)(H,23,24)/t16?,18-/m1/s1. The monoisotopic (exact) mass is 386 g/mol. The van der Waals surface area contributed by atoms with Crippen LogP contribution in [-0.4, -0.2) is 35.1 Å². The average molecular weight is 386 g/mol. The molecule has 1 aromatic carbocycles. The number of hydroxylamine groups is 1. The molecule has 1 unspecified atom stereocenters. The van der Waals surface area contributed by atoms with Crippen molar-refractivity contribution in [3.63, 3.8) is 0 Å². The van der Waals surface area contributed by atoms with Crippen LogP contribution in [0.2, 0.25) is 0 Å². The van der Waals surface area contributed by atoms with Gasteiger partial charge in [0.2, 0.25) is 11.8 Å². The van der Waals surface area contributed by atoms with Crippen LogP contribution in [0, 0.1) is 18.3 Å². The molecule has 0 saturated heterocycles. The van der Waals surface area contributed by atoms with E-state index in [4.69, 9.17) is 16.4 Å². The smallest absolute Gasteiger partial charge is 0.329 e. The molecule has 1 fully saturated rings. The molecule has 1 aromatic rings. The number of rotatable bonds is 9. The maximum atomic E-state index is 12.7. The van der Waals surface area contributed by atoms with Crippen molar-refractivity contribution in [2.24, 2.45) is 5.92 Å². The molecule has 7 nitrogen and oxygen atoms in total. The summed E-state index contributed by atoms with van der Waals surface area (Å²) in [6.07, 6.45) is 8.87. The third-order valence-electron chi connectivity index (χ3n) is 4.76. The Bertz CT molecular complexity index is 707. The van der Waals surface area contributed by atoms with Gasteiger partial charge in [0.05, 0.1) is 5.92 Å². The van der Waals surface area contributed by atoms with Crippen LogP contribution in [0.15, 0.2) is 30.3 Å². The van der Waals surface area contributed by atoms with Gasteiger partial charge >= 0.3 is 5.97 Å². The van der Waals surface area contributed by atoms with Crippen molar-refractivity contribution >= 4 is 17.8 Å². The van der Waals surface area contributed by atoms with Crippen LogP contribution in [0.25, 0.3) is 0 Å². The minimum Gasteiger partial charge on any atom is -0.461 e. The summed E-state index contributed by atoms with van der Waals surface area (Å²) < 4.78 is 5.58. The molecule has 0 aromatic heterocycles. The third-order valence-corrected chi connectivity index (χ3v) is 4.76. The Morgan fingerprint density at radius 2 is 1.89 bits per heavy atom. The molecule has 1 saturated carbocycles. The minimum atomic E-state index is -0.882. The number of terminal acetylenes is 1. The third kappa shape index (κ3) is 6.71. The van der Waals surface area contributed by atoms with Crippen LogP contribution < -0.4 is 10.8 Å². The van der Waals surface area contributed by atoms with Crippen LogP contribution >= 0.6 is 0 Å². The summed E-state index contributed by atoms with van der Waals surface area (Å²) in [6.45, 7) is 0. The van der Waals surface area contributed by atoms with E-state index in [-0.39, 0.29) is 25.4 Å². The Morgan fingerprint density at radius 3 is 2.50 bits per heavy atom. The van der Waals surface area contributed by atoms with E-state index in [1.807, 2.05) is 30.3 Å². The first-order chi connectivity index (χ1) is 13.5. The number of esters is 1. The van der Waals surface area contributed by atoms with Crippen molar-refractivity contribution in [1.82, 2.24) is 10.8 Å². The van der Waals surface area contributed by atoms with E-state index >= 15 is 0 Å². The predicted molar refractivity (Wildman–Crippen MR) is 102 cm³/mol. The molecule has 0 radical (unpaired) electrons. The van der Waals surface area contributed by atoms with Gasteiger partial charge in [-0.25, -0.2) is 10.3 Å². The molecule has 3 N–H and O–H groups in total. The lowest BCUT2D eigenvalue weighted by atomic mass is 9.98. The van der Waals surface area contributed by atoms with Gasteiger partial charge in [-0.3, -0.25) is 14.8 Å². The number of carbonyl (C=O) groups is 3. The van der Waals surface area contributed by atoms with E-state index in [0.29, 0.717) is 0 Å². The first-order valence-electron chi connectivity index (χ1n) is 9.44. The number of hydrogen-bond donors (Lipinski definition) is 3. The maximum Gasteiger partial charge on any atom is 0.329 e. The SMILES string of the molecule is C#CCC(CC(=O)NO)C(=O)N[C@H](Cc1ccccc1)C(=O)OC1CCCC1. The molecule has 2 rings (SSSR count). The van der Waals surface area contributed by atoms with Crippen molar-refractivity contribution < 1.29 is 24.3 Å². The van der Waals surface area contributed by atoms with Crippen molar-refractivity contribution in [2.75, 3.05) is 0 Å². The highest BCUT2D eigenvalue weighted by Crippen LogP contribution is 2.22. The van der Waals surface area contributed by atoms with Gasteiger partial charge in [-0.2, -0.15) is 0 Å². The molecule has 2 amide bonds. The fourth-order valence-corrected chi connectivity index (χ4v) is 3.25. The fraction of sp³-hybridized carbons (Fsp3) is 0.476. The molecule has 1 aliphatic rings. The Hall–Kier alpha value is -2.85. The van der Waals surface area contributed by atoms with Crippen molar-refractivity contribution in [1.29, 1.82) is 0 Å². The first kappa shape index (κ1) is 21.5. The second-order valence-electron chi connectivity index (χ2n) is 6.94. The normalized spacial score (nSPS) is 15.9. The second-order valence-corrected chi connectivity index (χ2v) is 6.94. The van der Waals surface area contributed by atoms with Crippen molar-refractivity contribution in [3.05, 3.63) is 35.9 Å². The summed E-state index contributed by atoms with van der Waals surface area (Å²) in [5.74, 6) is -0.234. The van der Waals surface area contributed by atoms with E-state index in [1.165, 1.54) is 5.48 Å². The van der Waals surface area contributed by atoms with Gasteiger partial charge in [0, 0.05) is 19.3 Å². The number of amides is 2. The Kier molecular flexibility index (Phi) is 8.50. The van der Waals surface area contributed by atoms with E-state index in [9.17, 15) is 14.4 Å². The Morgan fingerprint density at radius 1 is 1.21 bits per heavy atom. The topological polar surface area (TPSA) is 105 Å². The molecule has 2 atom stereocenters. The molecule has 0 spiro atoms. The van der Waals surface area contributed by atoms with Crippen molar-refractivity contribution in [2.45, 2.75) is 57.1 Å². The van der Waals surface area contributed by atoms with Gasteiger partial charge in [-0.05, 0) is 31.2 Å². The predicted octanol–water partition coefficient (Wildman–Crippen LogP) is 1.73. The highest BCUT2D eigenvalue weighted by atomic mass is 16.5. The molecule has 0 bridgehead atoms. The van der Waals surface area contributed by atoms with E-state index in [1.54, 1.807) is 0 Å². The zero-order chi connectivity index (χ0) is 20.4. The quantitative estimate of drug-likeness (QED) is 0.259. The lowest BCUT2D eigenvalue weighted by Gasteiger charge is -2.22. The average Bonchev–Trinajstić information content (AvgIpc) is 3.20. The lowest BCUT2D eigenvalue weighted by molar-refractivity contribution is -0.153. The summed E-state index contributed by atoms with van der Waals surface area (Å²) in [5, 5.41) is 11.4. The summed E-state index contributed by atoms with van der Waals surface area (Å²) in [7, 11) is 0. The van der Waals surface area contributed by atoms with Crippen LogP contribution in [0.5, 0.6) is 0 Å². The zero-order valence-corrected chi connectivity index (χ0v) is 15.7. The van der Waals surface area contributed by atoms with E-state index < -0.39 is 29.7 Å². The van der Waals surface area contributed by atoms with Crippen LogP contribution in [0.1, 0.15) is 44.1 Å². The number of benzene rings is 1. The van der Waals surface area contributed by atoms with Gasteiger partial charge in [-0.1, -0.05) is 30.3 Å². The highest BCUT2D eigenvalue weighted by molar-refractivity contribution is 5.89.